The number of thiocarbonyl (C=S) groups is 1. The molecule has 10 heteroatoms. The van der Waals surface area contributed by atoms with Crippen molar-refractivity contribution in [2.24, 2.45) is 7.05 Å². The molecule has 1 aliphatic heterocycles. The van der Waals surface area contributed by atoms with E-state index in [1.165, 1.54) is 12.1 Å². The molecule has 0 aliphatic carbocycles. The smallest absolute Gasteiger partial charge is 0.340 e. The predicted molar refractivity (Wildman–Crippen MR) is 121 cm³/mol. The topological polar surface area (TPSA) is 48.1 Å². The number of alkyl halides is 3. The maximum absolute atomic E-state index is 15.0. The Morgan fingerprint density at radius 1 is 1.12 bits per heavy atom. The van der Waals surface area contributed by atoms with Crippen LogP contribution in [0.25, 0.3) is 11.3 Å². The van der Waals surface area contributed by atoms with Crippen LogP contribution in [-0.2, 0) is 13.2 Å². The quantitative estimate of drug-likeness (QED) is 0.371. The van der Waals surface area contributed by atoms with Gasteiger partial charge >= 0.3 is 6.18 Å². The van der Waals surface area contributed by atoms with Crippen LogP contribution in [0.5, 0.6) is 0 Å². The molecule has 0 N–H and O–H groups in total. The first kappa shape index (κ1) is 22.7. The van der Waals surface area contributed by atoms with Gasteiger partial charge < -0.3 is 14.4 Å². The molecule has 0 atom stereocenters. The summed E-state index contributed by atoms with van der Waals surface area (Å²) in [6.07, 6.45) is -1.40. The maximum Gasteiger partial charge on any atom is 0.417 e. The molecule has 0 amide bonds. The summed E-state index contributed by atoms with van der Waals surface area (Å²) in [4.78, 5) is 7.46. The number of aromatic nitrogens is 2. The van der Waals surface area contributed by atoms with Gasteiger partial charge in [0.25, 0.3) is 0 Å². The number of rotatable bonds is 3. The van der Waals surface area contributed by atoms with E-state index < -0.39 is 28.7 Å². The van der Waals surface area contributed by atoms with E-state index in [0.29, 0.717) is 16.9 Å². The van der Waals surface area contributed by atoms with Crippen molar-refractivity contribution in [2.75, 3.05) is 16.3 Å². The fourth-order valence-corrected chi connectivity index (χ4v) is 4.52. The molecule has 2 aromatic carbocycles. The van der Waals surface area contributed by atoms with Gasteiger partial charge in [-0.1, -0.05) is 0 Å². The molecular weight excluding hydrogens is 454 g/mol. The van der Waals surface area contributed by atoms with Crippen molar-refractivity contribution in [1.29, 1.82) is 5.26 Å². The summed E-state index contributed by atoms with van der Waals surface area (Å²) >= 11 is 5.61. The molecule has 1 saturated heterocycles. The standard InChI is InChI=1S/C23H19F4N5S/c1-22(2)12-31(15-5-4-14(10-28)18(8-15)23(25,26)27)21(33)32(22)16-6-7-17(19(24)9-16)20-11-30(3)13-29-20/h4-9,11,13H,12H2,1-3H3. The normalized spacial score (nSPS) is 15.8. The number of imidazole rings is 1. The second kappa shape index (κ2) is 7.85. The Bertz CT molecular complexity index is 1290. The molecule has 0 saturated carbocycles. The predicted octanol–water partition coefficient (Wildman–Crippen LogP) is 5.51. The minimum atomic E-state index is -4.68. The Labute approximate surface area is 193 Å². The number of benzene rings is 2. The zero-order chi connectivity index (χ0) is 24.1. The Morgan fingerprint density at radius 3 is 2.39 bits per heavy atom. The third-order valence-corrected chi connectivity index (χ3v) is 5.91. The molecule has 0 bridgehead atoms. The van der Waals surface area contributed by atoms with Crippen LogP contribution < -0.4 is 9.80 Å². The first-order valence-corrected chi connectivity index (χ1v) is 10.3. The van der Waals surface area contributed by atoms with Crippen molar-refractivity contribution < 1.29 is 17.6 Å². The summed E-state index contributed by atoms with van der Waals surface area (Å²) in [5, 5.41) is 9.30. The fourth-order valence-electron chi connectivity index (χ4n) is 4.00. The molecule has 1 fully saturated rings. The summed E-state index contributed by atoms with van der Waals surface area (Å²) in [6.45, 7) is 4.02. The van der Waals surface area contributed by atoms with Gasteiger partial charge in [-0.05, 0) is 62.5 Å². The van der Waals surface area contributed by atoms with E-state index in [0.717, 1.165) is 12.1 Å². The van der Waals surface area contributed by atoms with Gasteiger partial charge in [0.15, 0.2) is 5.11 Å². The lowest BCUT2D eigenvalue weighted by molar-refractivity contribution is -0.137. The number of nitriles is 1. The van der Waals surface area contributed by atoms with Gasteiger partial charge in [-0.25, -0.2) is 9.37 Å². The molecule has 0 radical (unpaired) electrons. The highest BCUT2D eigenvalue weighted by Crippen LogP contribution is 2.39. The van der Waals surface area contributed by atoms with E-state index in [-0.39, 0.29) is 17.3 Å². The Kier molecular flexibility index (Phi) is 5.41. The third kappa shape index (κ3) is 4.04. The first-order valence-electron chi connectivity index (χ1n) is 9.93. The SMILES string of the molecule is Cn1cnc(-c2ccc(N3C(=S)N(c4ccc(C#N)c(C(F)(F)F)c4)CC3(C)C)cc2F)c1. The van der Waals surface area contributed by atoms with Crippen molar-refractivity contribution >= 4 is 28.7 Å². The van der Waals surface area contributed by atoms with Gasteiger partial charge in [0.1, 0.15) is 5.82 Å². The van der Waals surface area contributed by atoms with Gasteiger partial charge in [0.05, 0.1) is 34.8 Å². The summed E-state index contributed by atoms with van der Waals surface area (Å²) in [7, 11) is 1.79. The van der Waals surface area contributed by atoms with Crippen LogP contribution in [0.1, 0.15) is 25.0 Å². The fraction of sp³-hybridized carbons (Fsp3) is 0.261. The van der Waals surface area contributed by atoms with Crippen molar-refractivity contribution in [3.8, 4) is 17.3 Å². The van der Waals surface area contributed by atoms with Gasteiger partial charge in [-0.15, -0.1) is 0 Å². The Balaban J connectivity index is 1.71. The first-order chi connectivity index (χ1) is 15.4. The molecule has 1 aliphatic rings. The monoisotopic (exact) mass is 473 g/mol. The van der Waals surface area contributed by atoms with Crippen LogP contribution in [0, 0.1) is 17.1 Å². The van der Waals surface area contributed by atoms with Gasteiger partial charge in [-0.2, -0.15) is 18.4 Å². The Morgan fingerprint density at radius 2 is 1.82 bits per heavy atom. The lowest BCUT2D eigenvalue weighted by Crippen LogP contribution is -2.42. The molecular formula is C23H19F4N5S. The number of anilines is 2. The van der Waals surface area contributed by atoms with Crippen LogP contribution in [0.15, 0.2) is 48.9 Å². The molecule has 2 heterocycles. The van der Waals surface area contributed by atoms with E-state index >= 15 is 0 Å². The lowest BCUT2D eigenvalue weighted by atomic mass is 10.0. The van der Waals surface area contributed by atoms with Crippen molar-refractivity contribution in [3.63, 3.8) is 0 Å². The minimum Gasteiger partial charge on any atom is -0.340 e. The average molecular weight is 473 g/mol. The summed E-state index contributed by atoms with van der Waals surface area (Å²) < 4.78 is 57.1. The molecule has 0 unspecified atom stereocenters. The van der Waals surface area contributed by atoms with Crippen LogP contribution in [0.3, 0.4) is 0 Å². The molecule has 33 heavy (non-hydrogen) atoms. The van der Waals surface area contributed by atoms with Crippen molar-refractivity contribution in [3.05, 3.63) is 65.9 Å². The minimum absolute atomic E-state index is 0.215. The molecule has 0 spiro atoms. The van der Waals surface area contributed by atoms with E-state index in [4.69, 9.17) is 17.5 Å². The number of hydrogen-bond acceptors (Lipinski definition) is 3. The molecule has 3 aromatic rings. The van der Waals surface area contributed by atoms with Crippen molar-refractivity contribution in [2.45, 2.75) is 25.6 Å². The highest BCUT2D eigenvalue weighted by Gasteiger charge is 2.43. The highest BCUT2D eigenvalue weighted by molar-refractivity contribution is 7.80. The lowest BCUT2D eigenvalue weighted by Gasteiger charge is -2.31. The number of hydrogen-bond donors (Lipinski definition) is 0. The molecule has 1 aromatic heterocycles. The molecule has 170 valence electrons. The van der Waals surface area contributed by atoms with Gasteiger partial charge in [0, 0.05) is 36.7 Å². The van der Waals surface area contributed by atoms with Gasteiger partial charge in [-0.3, -0.25) is 0 Å². The zero-order valence-corrected chi connectivity index (χ0v) is 18.8. The average Bonchev–Trinajstić information content (AvgIpc) is 3.26. The molecule has 5 nitrogen and oxygen atoms in total. The number of halogens is 4. The van der Waals surface area contributed by atoms with Crippen LogP contribution in [-0.4, -0.2) is 26.7 Å². The highest BCUT2D eigenvalue weighted by atomic mass is 32.1. The van der Waals surface area contributed by atoms with Gasteiger partial charge in [0.2, 0.25) is 0 Å². The number of nitrogens with zero attached hydrogens (tertiary/aromatic N) is 5. The maximum atomic E-state index is 15.0. The molecule has 4 rings (SSSR count). The van der Waals surface area contributed by atoms with E-state index in [1.807, 2.05) is 13.8 Å². The van der Waals surface area contributed by atoms with E-state index in [9.17, 15) is 17.6 Å². The zero-order valence-electron chi connectivity index (χ0n) is 18.0. The third-order valence-electron chi connectivity index (χ3n) is 5.50. The Hall–Kier alpha value is -3.45. The second-order valence-electron chi connectivity index (χ2n) is 8.44. The summed E-state index contributed by atoms with van der Waals surface area (Å²) in [6, 6.07) is 9.75. The summed E-state index contributed by atoms with van der Waals surface area (Å²) in [5.74, 6) is -0.485. The van der Waals surface area contributed by atoms with E-state index in [1.54, 1.807) is 52.1 Å². The summed E-state index contributed by atoms with van der Waals surface area (Å²) in [5.41, 5.74) is -0.596. The van der Waals surface area contributed by atoms with Crippen LogP contribution in [0.4, 0.5) is 28.9 Å². The van der Waals surface area contributed by atoms with Crippen LogP contribution >= 0.6 is 12.2 Å². The largest absolute Gasteiger partial charge is 0.417 e. The van der Waals surface area contributed by atoms with Crippen molar-refractivity contribution in [1.82, 2.24) is 9.55 Å². The number of aryl methyl sites for hydroxylation is 1. The van der Waals surface area contributed by atoms with E-state index in [2.05, 4.69) is 4.98 Å². The van der Waals surface area contributed by atoms with Crippen LogP contribution in [0.2, 0.25) is 0 Å². The second-order valence-corrected chi connectivity index (χ2v) is 8.81.